The number of anilines is 1. The summed E-state index contributed by atoms with van der Waals surface area (Å²) in [5.41, 5.74) is 5.99. The number of halogens is 1. The molecule has 0 atom stereocenters. The first-order valence-corrected chi connectivity index (χ1v) is 8.20. The molecule has 1 aliphatic rings. The fourth-order valence-electron chi connectivity index (χ4n) is 2.65. The fraction of sp³-hybridized carbons (Fsp3) is 0.316. The topological polar surface area (TPSA) is 82.8 Å². The van der Waals surface area contributed by atoms with Gasteiger partial charge in [0, 0.05) is 18.9 Å². The number of nitrogens with one attached hydrogen (secondary N) is 1. The van der Waals surface area contributed by atoms with Crippen LogP contribution in [0.3, 0.4) is 0 Å². The summed E-state index contributed by atoms with van der Waals surface area (Å²) in [5.74, 6) is 1.75. The van der Waals surface area contributed by atoms with Crippen LogP contribution in [-0.2, 0) is 9.53 Å². The Morgan fingerprint density at radius 3 is 2.31 bits per heavy atom. The molecule has 0 spiro atoms. The first-order chi connectivity index (χ1) is 12.1. The predicted octanol–water partition coefficient (Wildman–Crippen LogP) is 3.36. The molecular weight excluding hydrogens is 356 g/mol. The van der Waals surface area contributed by atoms with Gasteiger partial charge in [0.2, 0.25) is 5.91 Å². The van der Waals surface area contributed by atoms with E-state index in [-0.39, 0.29) is 18.3 Å². The summed E-state index contributed by atoms with van der Waals surface area (Å²) in [6.07, 6.45) is 1.04. The number of carbonyl (C=O) groups is 1. The highest BCUT2D eigenvalue weighted by molar-refractivity contribution is 5.98. The third-order valence-corrected chi connectivity index (χ3v) is 4.25. The van der Waals surface area contributed by atoms with E-state index in [0.29, 0.717) is 49.0 Å². The predicted molar refractivity (Wildman–Crippen MR) is 102 cm³/mol. The fourth-order valence-corrected chi connectivity index (χ4v) is 2.65. The van der Waals surface area contributed by atoms with Gasteiger partial charge in [-0.05, 0) is 49.2 Å². The molecule has 0 saturated carbocycles. The number of ether oxygens (including phenoxy) is 3. The monoisotopic (exact) mass is 378 g/mol. The van der Waals surface area contributed by atoms with Gasteiger partial charge in [-0.2, -0.15) is 0 Å². The van der Waals surface area contributed by atoms with E-state index in [9.17, 15) is 4.79 Å². The number of rotatable bonds is 5. The lowest BCUT2D eigenvalue weighted by Crippen LogP contribution is -2.54. The average molecular weight is 379 g/mol. The van der Waals surface area contributed by atoms with Crippen molar-refractivity contribution in [3.8, 4) is 17.2 Å². The smallest absolute Gasteiger partial charge is 0.244 e. The lowest BCUT2D eigenvalue weighted by molar-refractivity contribution is -0.124. The van der Waals surface area contributed by atoms with Crippen LogP contribution in [0.1, 0.15) is 12.8 Å². The van der Waals surface area contributed by atoms with Crippen molar-refractivity contribution in [1.82, 2.24) is 0 Å². The highest BCUT2D eigenvalue weighted by Gasteiger charge is 2.35. The Kier molecular flexibility index (Phi) is 6.85. The Bertz CT molecular complexity index is 731. The van der Waals surface area contributed by atoms with Crippen molar-refractivity contribution in [1.29, 1.82) is 0 Å². The zero-order chi connectivity index (χ0) is 17.7. The number of carbonyl (C=O) groups excluding carboxylic acids is 1. The van der Waals surface area contributed by atoms with E-state index in [4.69, 9.17) is 19.9 Å². The zero-order valence-electron chi connectivity index (χ0n) is 14.6. The number of methoxy groups -OCH3 is 1. The second kappa shape index (κ2) is 8.89. The molecule has 1 fully saturated rings. The molecule has 1 amide bonds. The number of hydrogen-bond acceptors (Lipinski definition) is 5. The molecule has 7 heteroatoms. The molecule has 140 valence electrons. The molecule has 6 nitrogen and oxygen atoms in total. The summed E-state index contributed by atoms with van der Waals surface area (Å²) in [6.45, 7) is 1.02. The minimum absolute atomic E-state index is 0. The van der Waals surface area contributed by atoms with E-state index in [1.165, 1.54) is 0 Å². The van der Waals surface area contributed by atoms with Crippen molar-refractivity contribution in [3.63, 3.8) is 0 Å². The molecule has 2 aromatic rings. The van der Waals surface area contributed by atoms with Crippen molar-refractivity contribution < 1.29 is 19.0 Å². The van der Waals surface area contributed by atoms with Crippen LogP contribution < -0.4 is 20.5 Å². The SMILES string of the molecule is COc1ccccc1Oc1ccc(NC(=O)C2(N)CCOCC2)cc1.Cl. The molecule has 0 aliphatic carbocycles. The Labute approximate surface area is 159 Å². The molecule has 1 saturated heterocycles. The van der Waals surface area contributed by atoms with Gasteiger partial charge in [0.25, 0.3) is 0 Å². The largest absolute Gasteiger partial charge is 0.493 e. The van der Waals surface area contributed by atoms with Gasteiger partial charge in [-0.1, -0.05) is 12.1 Å². The Morgan fingerprint density at radius 1 is 1.08 bits per heavy atom. The van der Waals surface area contributed by atoms with Gasteiger partial charge in [0.15, 0.2) is 11.5 Å². The molecule has 26 heavy (non-hydrogen) atoms. The van der Waals surface area contributed by atoms with Crippen LogP contribution in [-0.4, -0.2) is 31.8 Å². The highest BCUT2D eigenvalue weighted by atomic mass is 35.5. The van der Waals surface area contributed by atoms with Gasteiger partial charge < -0.3 is 25.3 Å². The number of para-hydroxylation sites is 2. The Hall–Kier alpha value is -2.28. The Morgan fingerprint density at radius 2 is 1.69 bits per heavy atom. The average Bonchev–Trinajstić information content (AvgIpc) is 2.64. The minimum Gasteiger partial charge on any atom is -0.493 e. The molecule has 1 heterocycles. The quantitative estimate of drug-likeness (QED) is 0.833. The first-order valence-electron chi connectivity index (χ1n) is 8.20. The third kappa shape index (κ3) is 4.66. The standard InChI is InChI=1S/C19H22N2O4.ClH/c1-23-16-4-2-3-5-17(16)25-15-8-6-14(7-9-15)21-18(22)19(20)10-12-24-13-11-19;/h2-9H,10-13,20H2,1H3,(H,21,22);1H. The number of amides is 1. The van der Waals surface area contributed by atoms with Crippen LogP contribution in [0.4, 0.5) is 5.69 Å². The van der Waals surface area contributed by atoms with Gasteiger partial charge >= 0.3 is 0 Å². The zero-order valence-corrected chi connectivity index (χ0v) is 15.4. The van der Waals surface area contributed by atoms with Crippen LogP contribution in [0.5, 0.6) is 17.2 Å². The molecular formula is C19H23ClN2O4. The summed E-state index contributed by atoms with van der Waals surface area (Å²) >= 11 is 0. The molecule has 3 N–H and O–H groups in total. The highest BCUT2D eigenvalue weighted by Crippen LogP contribution is 2.31. The lowest BCUT2D eigenvalue weighted by atomic mass is 9.90. The van der Waals surface area contributed by atoms with Crippen LogP contribution in [0.25, 0.3) is 0 Å². The number of hydrogen-bond donors (Lipinski definition) is 2. The van der Waals surface area contributed by atoms with Crippen LogP contribution in [0.2, 0.25) is 0 Å². The minimum atomic E-state index is -0.870. The van der Waals surface area contributed by atoms with Gasteiger partial charge in [-0.15, -0.1) is 12.4 Å². The molecule has 1 aliphatic heterocycles. The maximum absolute atomic E-state index is 12.4. The molecule has 0 radical (unpaired) electrons. The maximum Gasteiger partial charge on any atom is 0.244 e. The van der Waals surface area contributed by atoms with Gasteiger partial charge in [0.05, 0.1) is 7.11 Å². The summed E-state index contributed by atoms with van der Waals surface area (Å²) in [4.78, 5) is 12.4. The van der Waals surface area contributed by atoms with Crippen molar-refractivity contribution in [2.75, 3.05) is 25.6 Å². The summed E-state index contributed by atoms with van der Waals surface area (Å²) in [7, 11) is 1.60. The van der Waals surface area contributed by atoms with E-state index in [2.05, 4.69) is 5.32 Å². The Balaban J connectivity index is 0.00000243. The molecule has 0 bridgehead atoms. The third-order valence-electron chi connectivity index (χ3n) is 4.25. The molecule has 0 unspecified atom stereocenters. The van der Waals surface area contributed by atoms with E-state index in [0.717, 1.165) is 0 Å². The van der Waals surface area contributed by atoms with Crippen molar-refractivity contribution in [2.24, 2.45) is 5.73 Å². The number of nitrogens with two attached hydrogens (primary N) is 1. The van der Waals surface area contributed by atoms with Crippen molar-refractivity contribution in [2.45, 2.75) is 18.4 Å². The first kappa shape index (κ1) is 20.0. The summed E-state index contributed by atoms with van der Waals surface area (Å²) < 4.78 is 16.4. The van der Waals surface area contributed by atoms with Crippen LogP contribution in [0.15, 0.2) is 48.5 Å². The maximum atomic E-state index is 12.4. The van der Waals surface area contributed by atoms with E-state index in [1.807, 2.05) is 24.3 Å². The summed E-state index contributed by atoms with van der Waals surface area (Å²) in [5, 5.41) is 2.87. The lowest BCUT2D eigenvalue weighted by Gasteiger charge is -2.31. The van der Waals surface area contributed by atoms with Crippen molar-refractivity contribution >= 4 is 24.0 Å². The second-order valence-corrected chi connectivity index (χ2v) is 6.00. The molecule has 2 aromatic carbocycles. The normalized spacial score (nSPS) is 15.5. The van der Waals surface area contributed by atoms with Gasteiger partial charge in [0.1, 0.15) is 11.3 Å². The van der Waals surface area contributed by atoms with Gasteiger partial charge in [-0.25, -0.2) is 0 Å². The van der Waals surface area contributed by atoms with E-state index < -0.39 is 5.54 Å². The second-order valence-electron chi connectivity index (χ2n) is 6.00. The van der Waals surface area contributed by atoms with Crippen LogP contribution in [0, 0.1) is 0 Å². The van der Waals surface area contributed by atoms with Gasteiger partial charge in [-0.3, -0.25) is 4.79 Å². The van der Waals surface area contributed by atoms with Crippen molar-refractivity contribution in [3.05, 3.63) is 48.5 Å². The summed E-state index contributed by atoms with van der Waals surface area (Å²) in [6, 6.07) is 14.6. The number of benzene rings is 2. The molecule has 0 aromatic heterocycles. The van der Waals surface area contributed by atoms with Crippen LogP contribution >= 0.6 is 12.4 Å². The van der Waals surface area contributed by atoms with E-state index in [1.54, 1.807) is 31.4 Å². The van der Waals surface area contributed by atoms with E-state index >= 15 is 0 Å². The molecule has 3 rings (SSSR count).